The molecule has 0 aromatic heterocycles. The van der Waals surface area contributed by atoms with Crippen molar-refractivity contribution in [2.45, 2.75) is 4.90 Å². The van der Waals surface area contributed by atoms with Crippen molar-refractivity contribution in [1.29, 1.82) is 0 Å². The lowest BCUT2D eigenvalue weighted by Gasteiger charge is -2.12. The van der Waals surface area contributed by atoms with Crippen LogP contribution in [0.5, 0.6) is 11.5 Å². The van der Waals surface area contributed by atoms with E-state index < -0.39 is 21.6 Å². The van der Waals surface area contributed by atoms with E-state index >= 15 is 0 Å². The summed E-state index contributed by atoms with van der Waals surface area (Å²) in [5, 5.41) is 2.69. The smallest absolute Gasteiger partial charge is 0.255 e. The number of hydrogen-bond acceptors (Lipinski definition) is 4. The maximum atomic E-state index is 13.3. The third-order valence-corrected chi connectivity index (χ3v) is 4.79. The van der Waals surface area contributed by atoms with Crippen LogP contribution in [0.4, 0.5) is 10.1 Å². The molecule has 0 saturated heterocycles. The predicted octanol–water partition coefficient (Wildman–Crippen LogP) is 4.27. The molecular weight excluding hydrogens is 369 g/mol. The van der Waals surface area contributed by atoms with Crippen LogP contribution in [0, 0.1) is 5.82 Å². The molecule has 3 aromatic carbocycles. The Hall–Kier alpha value is -3.19. The largest absolute Gasteiger partial charge is 0.455 e. The van der Waals surface area contributed by atoms with Gasteiger partial charge in [-0.3, -0.25) is 4.79 Å². The highest BCUT2D eigenvalue weighted by Gasteiger charge is 2.14. The van der Waals surface area contributed by atoms with Crippen molar-refractivity contribution in [3.8, 4) is 11.5 Å². The van der Waals surface area contributed by atoms with Crippen molar-refractivity contribution < 1.29 is 22.3 Å². The number of carbonyl (C=O) groups is 1. The first-order valence-electron chi connectivity index (χ1n) is 7.97. The summed E-state index contributed by atoms with van der Waals surface area (Å²) in [5.74, 6) is -0.311. The second-order valence-electron chi connectivity index (χ2n) is 5.81. The Morgan fingerprint density at radius 2 is 1.70 bits per heavy atom. The lowest BCUT2D eigenvalue weighted by Crippen LogP contribution is -2.13. The molecule has 0 aliphatic rings. The fourth-order valence-electron chi connectivity index (χ4n) is 2.38. The molecule has 1 N–H and O–H groups in total. The molecule has 0 spiro atoms. The third kappa shape index (κ3) is 4.71. The summed E-state index contributed by atoms with van der Waals surface area (Å²) in [6.07, 6.45) is 1.08. The number of sulfone groups is 1. The fraction of sp³-hybridized carbons (Fsp3) is 0.0500. The van der Waals surface area contributed by atoms with Crippen molar-refractivity contribution in [2.75, 3.05) is 11.6 Å². The Morgan fingerprint density at radius 1 is 0.963 bits per heavy atom. The molecule has 0 fully saturated rings. The summed E-state index contributed by atoms with van der Waals surface area (Å²) in [6.45, 7) is 0. The van der Waals surface area contributed by atoms with E-state index in [1.165, 1.54) is 42.5 Å². The fourth-order valence-corrected chi connectivity index (χ4v) is 3.05. The lowest BCUT2D eigenvalue weighted by atomic mass is 10.2. The van der Waals surface area contributed by atoms with Gasteiger partial charge >= 0.3 is 0 Å². The zero-order valence-electron chi connectivity index (χ0n) is 14.3. The molecule has 0 radical (unpaired) electrons. The van der Waals surface area contributed by atoms with Gasteiger partial charge in [-0.1, -0.05) is 24.3 Å². The Morgan fingerprint density at radius 3 is 2.44 bits per heavy atom. The van der Waals surface area contributed by atoms with Gasteiger partial charge in [-0.25, -0.2) is 12.8 Å². The maximum Gasteiger partial charge on any atom is 0.255 e. The number of rotatable bonds is 5. The summed E-state index contributed by atoms with van der Waals surface area (Å²) in [6, 6.07) is 18.1. The number of anilines is 1. The number of nitrogens with one attached hydrogen (secondary N) is 1. The van der Waals surface area contributed by atoms with E-state index in [0.717, 1.165) is 6.26 Å². The molecule has 0 heterocycles. The Balaban J connectivity index is 1.85. The van der Waals surface area contributed by atoms with Gasteiger partial charge in [0.1, 0.15) is 11.6 Å². The highest BCUT2D eigenvalue weighted by molar-refractivity contribution is 7.90. The molecule has 0 bridgehead atoms. The van der Waals surface area contributed by atoms with Crippen LogP contribution in [0.15, 0.2) is 77.7 Å². The van der Waals surface area contributed by atoms with Crippen LogP contribution in [0.1, 0.15) is 10.4 Å². The number of benzene rings is 3. The number of carbonyl (C=O) groups excluding carboxylic acids is 1. The van der Waals surface area contributed by atoms with Crippen molar-refractivity contribution in [1.82, 2.24) is 0 Å². The van der Waals surface area contributed by atoms with Gasteiger partial charge in [0.15, 0.2) is 15.6 Å². The van der Waals surface area contributed by atoms with Crippen LogP contribution in [0.2, 0.25) is 0 Å². The number of halogens is 1. The molecule has 0 atom stereocenters. The van der Waals surface area contributed by atoms with E-state index in [0.29, 0.717) is 11.4 Å². The average molecular weight is 385 g/mol. The highest BCUT2D eigenvalue weighted by Crippen LogP contribution is 2.30. The first kappa shape index (κ1) is 18.6. The van der Waals surface area contributed by atoms with Crippen molar-refractivity contribution >= 4 is 21.4 Å². The summed E-state index contributed by atoms with van der Waals surface area (Å²) in [4.78, 5) is 12.6. The minimum absolute atomic E-state index is 0.0550. The number of hydrogen-bond donors (Lipinski definition) is 1. The minimum Gasteiger partial charge on any atom is -0.455 e. The second kappa shape index (κ2) is 7.59. The molecule has 5 nitrogen and oxygen atoms in total. The molecular formula is C20H16FNO4S. The van der Waals surface area contributed by atoms with Gasteiger partial charge in [0, 0.05) is 17.9 Å². The molecule has 3 aromatic rings. The van der Waals surface area contributed by atoms with Gasteiger partial charge in [0.25, 0.3) is 5.91 Å². The van der Waals surface area contributed by atoms with Gasteiger partial charge in [-0.05, 0) is 42.5 Å². The molecule has 0 aliphatic heterocycles. The van der Waals surface area contributed by atoms with Crippen LogP contribution in [0.3, 0.4) is 0 Å². The van der Waals surface area contributed by atoms with E-state index in [4.69, 9.17) is 4.74 Å². The quantitative estimate of drug-likeness (QED) is 0.712. The molecule has 0 aliphatic carbocycles. The van der Waals surface area contributed by atoms with Crippen LogP contribution >= 0.6 is 0 Å². The van der Waals surface area contributed by atoms with Crippen LogP contribution in [-0.2, 0) is 9.84 Å². The molecule has 138 valence electrons. The van der Waals surface area contributed by atoms with Crippen molar-refractivity contribution in [3.63, 3.8) is 0 Å². The summed E-state index contributed by atoms with van der Waals surface area (Å²) < 4.78 is 42.3. The molecule has 7 heteroatoms. The summed E-state index contributed by atoms with van der Waals surface area (Å²) in [7, 11) is -3.42. The normalized spacial score (nSPS) is 11.0. The SMILES string of the molecule is CS(=O)(=O)c1cccc(C(=O)Nc2ccccc2Oc2cccc(F)c2)c1. The Kier molecular flexibility index (Phi) is 5.23. The van der Waals surface area contributed by atoms with Gasteiger partial charge < -0.3 is 10.1 Å². The average Bonchev–Trinajstić information content (AvgIpc) is 2.63. The van der Waals surface area contributed by atoms with Gasteiger partial charge in [-0.15, -0.1) is 0 Å². The van der Waals surface area contributed by atoms with Gasteiger partial charge in [-0.2, -0.15) is 0 Å². The minimum atomic E-state index is -3.42. The third-order valence-electron chi connectivity index (χ3n) is 3.68. The number of ether oxygens (including phenoxy) is 1. The Labute approximate surface area is 156 Å². The molecule has 0 unspecified atom stereocenters. The second-order valence-corrected chi connectivity index (χ2v) is 7.83. The van der Waals surface area contributed by atoms with E-state index in [1.54, 1.807) is 30.3 Å². The zero-order chi connectivity index (χ0) is 19.4. The number of para-hydroxylation sites is 2. The first-order valence-corrected chi connectivity index (χ1v) is 9.86. The van der Waals surface area contributed by atoms with Crippen molar-refractivity contribution in [2.24, 2.45) is 0 Å². The van der Waals surface area contributed by atoms with Crippen molar-refractivity contribution in [3.05, 3.63) is 84.2 Å². The standard InChI is InChI=1S/C20H16FNO4S/c1-27(24,25)17-9-4-6-14(12-17)20(23)22-18-10-2-3-11-19(18)26-16-8-5-7-15(21)13-16/h2-13H,1H3,(H,22,23). The molecule has 1 amide bonds. The number of amides is 1. The molecule has 0 saturated carbocycles. The van der Waals surface area contributed by atoms with E-state index in [2.05, 4.69) is 5.32 Å². The monoisotopic (exact) mass is 385 g/mol. The maximum absolute atomic E-state index is 13.3. The topological polar surface area (TPSA) is 72.5 Å². The predicted molar refractivity (Wildman–Crippen MR) is 100 cm³/mol. The van der Waals surface area contributed by atoms with E-state index in [9.17, 15) is 17.6 Å². The first-order chi connectivity index (χ1) is 12.8. The van der Waals surface area contributed by atoms with Crippen LogP contribution in [0.25, 0.3) is 0 Å². The molecule has 27 heavy (non-hydrogen) atoms. The highest BCUT2D eigenvalue weighted by atomic mass is 32.2. The Bertz CT molecular complexity index is 1100. The van der Waals surface area contributed by atoms with E-state index in [1.807, 2.05) is 0 Å². The summed E-state index contributed by atoms with van der Waals surface area (Å²) >= 11 is 0. The van der Waals surface area contributed by atoms with Crippen LogP contribution in [-0.4, -0.2) is 20.6 Å². The lowest BCUT2D eigenvalue weighted by molar-refractivity contribution is 0.102. The van der Waals surface area contributed by atoms with Gasteiger partial charge in [0.05, 0.1) is 10.6 Å². The summed E-state index contributed by atoms with van der Waals surface area (Å²) in [5.41, 5.74) is 0.565. The van der Waals surface area contributed by atoms with E-state index in [-0.39, 0.29) is 16.2 Å². The zero-order valence-corrected chi connectivity index (χ0v) is 15.2. The molecule has 3 rings (SSSR count). The van der Waals surface area contributed by atoms with Gasteiger partial charge in [0.2, 0.25) is 0 Å². The van der Waals surface area contributed by atoms with Crippen LogP contribution < -0.4 is 10.1 Å².